The summed E-state index contributed by atoms with van der Waals surface area (Å²) >= 11 is 0. The highest BCUT2D eigenvalue weighted by Crippen LogP contribution is 2.15. The molecule has 19 heavy (non-hydrogen) atoms. The van der Waals surface area contributed by atoms with Crippen molar-refractivity contribution in [1.29, 1.82) is 0 Å². The Morgan fingerprint density at radius 2 is 2.11 bits per heavy atom. The van der Waals surface area contributed by atoms with Crippen LogP contribution < -0.4 is 5.32 Å². The van der Waals surface area contributed by atoms with Crippen molar-refractivity contribution < 1.29 is 13.2 Å². The monoisotopic (exact) mass is 284 g/mol. The summed E-state index contributed by atoms with van der Waals surface area (Å²) in [5.41, 5.74) is 1.94. The molecule has 104 valence electrons. The summed E-state index contributed by atoms with van der Waals surface area (Å²) in [6, 6.07) is -0.295. The van der Waals surface area contributed by atoms with Crippen LogP contribution in [0.4, 0.5) is 0 Å². The fourth-order valence-electron chi connectivity index (χ4n) is 2.50. The highest BCUT2D eigenvalue weighted by Gasteiger charge is 2.32. The molecular weight excluding hydrogens is 268 g/mol. The standard InChI is InChI=1S/C11H16N4O3S/c16-11(15-1-3-19(17,18)4-2-15)9-5-8-10(6-12-9)14-7-13-8/h7,9,12H,1-6H2,(H,13,14). The number of nitrogens with zero attached hydrogens (tertiary/aromatic N) is 2. The largest absolute Gasteiger partial charge is 0.347 e. The summed E-state index contributed by atoms with van der Waals surface area (Å²) in [5.74, 6) is 0.113. The molecule has 1 aromatic rings. The van der Waals surface area contributed by atoms with Gasteiger partial charge in [-0.15, -0.1) is 0 Å². The lowest BCUT2D eigenvalue weighted by molar-refractivity contribution is -0.133. The summed E-state index contributed by atoms with van der Waals surface area (Å²) in [4.78, 5) is 21.2. The van der Waals surface area contributed by atoms with E-state index in [1.54, 1.807) is 11.2 Å². The molecule has 2 aliphatic heterocycles. The van der Waals surface area contributed by atoms with Gasteiger partial charge in [0, 0.05) is 26.1 Å². The molecule has 0 saturated carbocycles. The predicted octanol–water partition coefficient (Wildman–Crippen LogP) is -1.32. The fraction of sp³-hybridized carbons (Fsp3) is 0.636. The van der Waals surface area contributed by atoms with Crippen LogP contribution in [0, 0.1) is 0 Å². The zero-order valence-electron chi connectivity index (χ0n) is 10.4. The first kappa shape index (κ1) is 12.6. The van der Waals surface area contributed by atoms with Gasteiger partial charge in [-0.2, -0.15) is 0 Å². The van der Waals surface area contributed by atoms with E-state index in [0.717, 1.165) is 11.4 Å². The van der Waals surface area contributed by atoms with Crippen molar-refractivity contribution in [3.05, 3.63) is 17.7 Å². The Bertz CT molecular complexity index is 581. The molecule has 1 aromatic heterocycles. The second kappa shape index (κ2) is 4.61. The quantitative estimate of drug-likeness (QED) is 0.667. The number of hydrogen-bond acceptors (Lipinski definition) is 5. The number of carbonyl (C=O) groups is 1. The van der Waals surface area contributed by atoms with E-state index in [9.17, 15) is 13.2 Å². The van der Waals surface area contributed by atoms with Gasteiger partial charge in [0.15, 0.2) is 9.84 Å². The zero-order chi connectivity index (χ0) is 13.5. The molecule has 0 aromatic carbocycles. The van der Waals surface area contributed by atoms with E-state index in [2.05, 4.69) is 15.3 Å². The van der Waals surface area contributed by atoms with Gasteiger partial charge < -0.3 is 9.88 Å². The van der Waals surface area contributed by atoms with E-state index < -0.39 is 9.84 Å². The van der Waals surface area contributed by atoms with Gasteiger partial charge in [-0.3, -0.25) is 10.1 Å². The molecule has 7 nitrogen and oxygen atoms in total. The van der Waals surface area contributed by atoms with E-state index in [1.165, 1.54) is 0 Å². The van der Waals surface area contributed by atoms with Crippen LogP contribution >= 0.6 is 0 Å². The van der Waals surface area contributed by atoms with Crippen molar-refractivity contribution in [3.63, 3.8) is 0 Å². The maximum atomic E-state index is 12.3. The Balaban J connectivity index is 1.66. The number of hydrogen-bond donors (Lipinski definition) is 2. The van der Waals surface area contributed by atoms with Crippen LogP contribution in [0.15, 0.2) is 6.33 Å². The molecule has 1 atom stereocenters. The number of fused-ring (bicyclic) bond motifs is 1. The van der Waals surface area contributed by atoms with Gasteiger partial charge in [-0.05, 0) is 0 Å². The minimum atomic E-state index is -2.95. The van der Waals surface area contributed by atoms with E-state index in [1.807, 2.05) is 0 Å². The predicted molar refractivity (Wildman–Crippen MR) is 68.2 cm³/mol. The minimum Gasteiger partial charge on any atom is -0.347 e. The van der Waals surface area contributed by atoms with Gasteiger partial charge in [0.05, 0.1) is 35.3 Å². The van der Waals surface area contributed by atoms with Crippen LogP contribution in [-0.2, 0) is 27.6 Å². The molecule has 1 saturated heterocycles. The number of nitrogens with one attached hydrogen (secondary N) is 2. The van der Waals surface area contributed by atoms with Crippen LogP contribution in [0.2, 0.25) is 0 Å². The third-order valence-electron chi connectivity index (χ3n) is 3.68. The van der Waals surface area contributed by atoms with Gasteiger partial charge in [-0.1, -0.05) is 0 Å². The average molecular weight is 284 g/mol. The molecule has 3 rings (SSSR count). The Kier molecular flexibility index (Phi) is 3.06. The molecule has 0 radical (unpaired) electrons. The third kappa shape index (κ3) is 2.50. The van der Waals surface area contributed by atoms with E-state index >= 15 is 0 Å². The van der Waals surface area contributed by atoms with Crippen molar-refractivity contribution in [3.8, 4) is 0 Å². The average Bonchev–Trinajstić information content (AvgIpc) is 2.85. The zero-order valence-corrected chi connectivity index (χ0v) is 11.2. The minimum absolute atomic E-state index is 0.0245. The van der Waals surface area contributed by atoms with Crippen LogP contribution in [0.5, 0.6) is 0 Å². The Labute approximate surface area is 111 Å². The van der Waals surface area contributed by atoms with E-state index in [4.69, 9.17) is 0 Å². The first-order valence-electron chi connectivity index (χ1n) is 6.29. The normalized spacial score (nSPS) is 25.9. The lowest BCUT2D eigenvalue weighted by Crippen LogP contribution is -2.53. The van der Waals surface area contributed by atoms with Gasteiger partial charge in [0.25, 0.3) is 0 Å². The summed E-state index contributed by atoms with van der Waals surface area (Å²) in [6.45, 7) is 1.19. The van der Waals surface area contributed by atoms with Gasteiger partial charge >= 0.3 is 0 Å². The van der Waals surface area contributed by atoms with Crippen molar-refractivity contribution in [2.75, 3.05) is 24.6 Å². The number of amides is 1. The number of imidazole rings is 1. The number of aromatic amines is 1. The van der Waals surface area contributed by atoms with Crippen LogP contribution in [0.25, 0.3) is 0 Å². The lowest BCUT2D eigenvalue weighted by atomic mass is 10.0. The lowest BCUT2D eigenvalue weighted by Gasteiger charge is -2.32. The molecule has 0 bridgehead atoms. The van der Waals surface area contributed by atoms with Crippen molar-refractivity contribution in [2.45, 2.75) is 19.0 Å². The summed E-state index contributed by atoms with van der Waals surface area (Å²) in [7, 11) is -2.95. The molecule has 0 aliphatic carbocycles. The summed E-state index contributed by atoms with van der Waals surface area (Å²) in [5, 5.41) is 3.17. The third-order valence-corrected chi connectivity index (χ3v) is 5.29. The Morgan fingerprint density at radius 1 is 1.37 bits per heavy atom. The number of sulfone groups is 1. The molecule has 3 heterocycles. The van der Waals surface area contributed by atoms with Crippen molar-refractivity contribution >= 4 is 15.7 Å². The molecule has 1 fully saturated rings. The number of aromatic nitrogens is 2. The van der Waals surface area contributed by atoms with E-state index in [0.29, 0.717) is 26.1 Å². The molecule has 0 spiro atoms. The Morgan fingerprint density at radius 3 is 2.84 bits per heavy atom. The number of rotatable bonds is 1. The topological polar surface area (TPSA) is 95.2 Å². The maximum Gasteiger partial charge on any atom is 0.240 e. The first-order chi connectivity index (χ1) is 9.05. The number of carbonyl (C=O) groups excluding carboxylic acids is 1. The van der Waals surface area contributed by atoms with Crippen LogP contribution in [-0.4, -0.2) is 59.8 Å². The van der Waals surface area contributed by atoms with Gasteiger partial charge in [0.2, 0.25) is 5.91 Å². The SMILES string of the molecule is O=C(C1Cc2nc[nH]c2CN1)N1CCS(=O)(=O)CC1. The van der Waals surface area contributed by atoms with Gasteiger partial charge in [0.1, 0.15) is 0 Å². The first-order valence-corrected chi connectivity index (χ1v) is 8.11. The second-order valence-electron chi connectivity index (χ2n) is 4.94. The molecule has 8 heteroatoms. The van der Waals surface area contributed by atoms with Crippen molar-refractivity contribution in [2.24, 2.45) is 0 Å². The molecule has 2 N–H and O–H groups in total. The summed E-state index contributed by atoms with van der Waals surface area (Å²) in [6.07, 6.45) is 2.19. The second-order valence-corrected chi connectivity index (χ2v) is 7.25. The van der Waals surface area contributed by atoms with Crippen LogP contribution in [0.1, 0.15) is 11.4 Å². The number of H-pyrrole nitrogens is 1. The fourth-order valence-corrected chi connectivity index (χ4v) is 3.70. The van der Waals surface area contributed by atoms with Crippen molar-refractivity contribution in [1.82, 2.24) is 20.2 Å². The molecule has 2 aliphatic rings. The highest BCUT2D eigenvalue weighted by atomic mass is 32.2. The molecular formula is C11H16N4O3S. The molecule has 1 unspecified atom stereocenters. The van der Waals surface area contributed by atoms with Gasteiger partial charge in [-0.25, -0.2) is 13.4 Å². The highest BCUT2D eigenvalue weighted by molar-refractivity contribution is 7.91. The van der Waals surface area contributed by atoms with Crippen LogP contribution in [0.3, 0.4) is 0 Å². The smallest absolute Gasteiger partial charge is 0.240 e. The maximum absolute atomic E-state index is 12.3. The summed E-state index contributed by atoms with van der Waals surface area (Å²) < 4.78 is 22.7. The Hall–Kier alpha value is -1.41. The van der Waals surface area contributed by atoms with E-state index in [-0.39, 0.29) is 23.5 Å². The molecule has 1 amide bonds.